The van der Waals surface area contributed by atoms with Gasteiger partial charge in [-0.1, -0.05) is 30.3 Å². The molecule has 0 fully saturated rings. The summed E-state index contributed by atoms with van der Waals surface area (Å²) in [4.78, 5) is 50.0. The highest BCUT2D eigenvalue weighted by atomic mass is 32.1. The lowest BCUT2D eigenvalue weighted by molar-refractivity contribution is -0.136. The number of amides is 2. The van der Waals surface area contributed by atoms with Crippen LogP contribution >= 0.6 is 11.3 Å². The molecule has 2 amide bonds. The van der Waals surface area contributed by atoms with Gasteiger partial charge in [0.25, 0.3) is 0 Å². The number of aryl methyl sites for hydroxylation is 1. The molecule has 1 aliphatic rings. The first-order valence-electron chi connectivity index (χ1n) is 10.7. The van der Waals surface area contributed by atoms with Crippen LogP contribution in [-0.4, -0.2) is 37.1 Å². The zero-order valence-electron chi connectivity index (χ0n) is 18.7. The molecule has 9 nitrogen and oxygen atoms in total. The standard InChI is InChI=1S/C25H21N3O6S/c1-33-25(32)20-18-11-6-12-19(18)35-23(20)27-21(29)22(30)28-26-14-15-7-5-10-17(13-15)34-24(31)16-8-3-2-4-9-16/h2-5,7-10,13-14H,6,11-12H2,1H3,(H,27,29)(H,28,30)/b26-14+. The molecule has 2 N–H and O–H groups in total. The van der Waals surface area contributed by atoms with E-state index in [0.29, 0.717) is 27.4 Å². The molecular weight excluding hydrogens is 470 g/mol. The van der Waals surface area contributed by atoms with E-state index >= 15 is 0 Å². The van der Waals surface area contributed by atoms with E-state index in [-0.39, 0.29) is 0 Å². The summed E-state index contributed by atoms with van der Waals surface area (Å²) >= 11 is 1.27. The van der Waals surface area contributed by atoms with Crippen molar-refractivity contribution in [3.63, 3.8) is 0 Å². The average Bonchev–Trinajstić information content (AvgIpc) is 3.45. The molecule has 10 heteroatoms. The predicted molar refractivity (Wildman–Crippen MR) is 130 cm³/mol. The molecule has 0 saturated heterocycles. The minimum absolute atomic E-state index is 0.290. The lowest BCUT2D eigenvalue weighted by Crippen LogP contribution is -2.32. The van der Waals surface area contributed by atoms with Gasteiger partial charge in [0.05, 0.1) is 24.5 Å². The molecule has 35 heavy (non-hydrogen) atoms. The van der Waals surface area contributed by atoms with E-state index in [1.54, 1.807) is 54.6 Å². The van der Waals surface area contributed by atoms with Crippen molar-refractivity contribution in [2.75, 3.05) is 12.4 Å². The lowest BCUT2D eigenvalue weighted by Gasteiger charge is -2.06. The van der Waals surface area contributed by atoms with Crippen LogP contribution < -0.4 is 15.5 Å². The third-order valence-corrected chi connectivity index (χ3v) is 6.41. The van der Waals surface area contributed by atoms with Crippen molar-refractivity contribution in [1.29, 1.82) is 0 Å². The third kappa shape index (κ3) is 5.61. The van der Waals surface area contributed by atoms with Crippen molar-refractivity contribution in [2.24, 2.45) is 5.10 Å². The van der Waals surface area contributed by atoms with Gasteiger partial charge in [-0.2, -0.15) is 5.10 Å². The summed E-state index contributed by atoms with van der Waals surface area (Å²) in [6, 6.07) is 15.1. The van der Waals surface area contributed by atoms with Crippen molar-refractivity contribution in [3.05, 3.63) is 81.7 Å². The van der Waals surface area contributed by atoms with Crippen molar-refractivity contribution in [1.82, 2.24) is 5.43 Å². The molecule has 1 aliphatic carbocycles. The Morgan fingerprint density at radius 2 is 1.77 bits per heavy atom. The third-order valence-electron chi connectivity index (χ3n) is 5.20. The fraction of sp³-hybridized carbons (Fsp3) is 0.160. The van der Waals surface area contributed by atoms with E-state index in [2.05, 4.69) is 15.8 Å². The molecule has 3 aromatic rings. The maximum Gasteiger partial charge on any atom is 0.343 e. The van der Waals surface area contributed by atoms with Crippen LogP contribution in [0.25, 0.3) is 0 Å². The molecule has 2 aromatic carbocycles. The van der Waals surface area contributed by atoms with Crippen LogP contribution in [0.2, 0.25) is 0 Å². The number of methoxy groups -OCH3 is 1. The molecule has 4 rings (SSSR count). The lowest BCUT2D eigenvalue weighted by atomic mass is 10.1. The van der Waals surface area contributed by atoms with Gasteiger partial charge in [0.1, 0.15) is 10.8 Å². The molecule has 1 aromatic heterocycles. The van der Waals surface area contributed by atoms with Crippen LogP contribution in [0.4, 0.5) is 5.00 Å². The number of hydrogen-bond donors (Lipinski definition) is 2. The maximum atomic E-state index is 12.4. The largest absolute Gasteiger partial charge is 0.465 e. The Bertz CT molecular complexity index is 1320. The predicted octanol–water partition coefficient (Wildman–Crippen LogP) is 3.33. The Labute approximate surface area is 204 Å². The van der Waals surface area contributed by atoms with Crippen LogP contribution in [0.1, 0.15) is 43.1 Å². The molecule has 0 bridgehead atoms. The number of rotatable bonds is 6. The molecule has 0 saturated carbocycles. The van der Waals surface area contributed by atoms with Crippen molar-refractivity contribution in [3.8, 4) is 5.75 Å². The first kappa shape index (κ1) is 23.8. The zero-order valence-corrected chi connectivity index (χ0v) is 19.5. The summed E-state index contributed by atoms with van der Waals surface area (Å²) < 4.78 is 10.2. The Morgan fingerprint density at radius 3 is 2.54 bits per heavy atom. The van der Waals surface area contributed by atoms with Crippen molar-refractivity contribution >= 4 is 46.3 Å². The maximum absolute atomic E-state index is 12.4. The minimum Gasteiger partial charge on any atom is -0.465 e. The van der Waals surface area contributed by atoms with Gasteiger partial charge in [-0.05, 0) is 54.7 Å². The van der Waals surface area contributed by atoms with E-state index < -0.39 is 23.8 Å². The fourth-order valence-corrected chi connectivity index (χ4v) is 4.86. The number of thiophene rings is 1. The highest BCUT2D eigenvalue weighted by Gasteiger charge is 2.29. The van der Waals surface area contributed by atoms with E-state index in [1.165, 1.54) is 24.7 Å². The summed E-state index contributed by atoms with van der Waals surface area (Å²) in [5.74, 6) is -2.72. The SMILES string of the molecule is COC(=O)c1c(NC(=O)C(=O)N/N=C/c2cccc(OC(=O)c3ccccc3)c2)sc2c1CCC2. The fourth-order valence-electron chi connectivity index (χ4n) is 3.58. The van der Waals surface area contributed by atoms with Crippen LogP contribution in [0.5, 0.6) is 5.75 Å². The van der Waals surface area contributed by atoms with Gasteiger partial charge in [0.15, 0.2) is 0 Å². The van der Waals surface area contributed by atoms with Gasteiger partial charge in [0, 0.05) is 4.88 Å². The van der Waals surface area contributed by atoms with Gasteiger partial charge in [-0.15, -0.1) is 11.3 Å². The van der Waals surface area contributed by atoms with Crippen LogP contribution in [0, 0.1) is 0 Å². The number of benzene rings is 2. The number of fused-ring (bicyclic) bond motifs is 1. The van der Waals surface area contributed by atoms with E-state index in [0.717, 1.165) is 29.7 Å². The quantitative estimate of drug-likeness (QED) is 0.179. The van der Waals surface area contributed by atoms with E-state index in [1.807, 2.05) is 0 Å². The number of anilines is 1. The highest BCUT2D eigenvalue weighted by molar-refractivity contribution is 7.17. The molecule has 0 aliphatic heterocycles. The van der Waals surface area contributed by atoms with Crippen molar-refractivity contribution < 1.29 is 28.7 Å². The summed E-state index contributed by atoms with van der Waals surface area (Å²) in [5.41, 5.74) is 4.26. The first-order chi connectivity index (χ1) is 17.0. The number of esters is 2. The Balaban J connectivity index is 1.36. The van der Waals surface area contributed by atoms with E-state index in [9.17, 15) is 19.2 Å². The Kier molecular flexibility index (Phi) is 7.32. The Morgan fingerprint density at radius 1 is 0.971 bits per heavy atom. The van der Waals surface area contributed by atoms with Crippen LogP contribution in [0.15, 0.2) is 59.7 Å². The van der Waals surface area contributed by atoms with Crippen LogP contribution in [-0.2, 0) is 27.2 Å². The number of hydrazone groups is 1. The molecule has 0 atom stereocenters. The number of hydrogen-bond acceptors (Lipinski definition) is 8. The monoisotopic (exact) mass is 491 g/mol. The van der Waals surface area contributed by atoms with Gasteiger partial charge in [-0.25, -0.2) is 15.0 Å². The first-order valence-corrected chi connectivity index (χ1v) is 11.5. The normalized spacial score (nSPS) is 12.1. The van der Waals surface area contributed by atoms with Gasteiger partial charge in [0.2, 0.25) is 0 Å². The highest BCUT2D eigenvalue weighted by Crippen LogP contribution is 2.39. The minimum atomic E-state index is -1.00. The summed E-state index contributed by atoms with van der Waals surface area (Å²) in [6.45, 7) is 0. The zero-order chi connectivity index (χ0) is 24.8. The number of ether oxygens (including phenoxy) is 2. The molecule has 178 valence electrons. The van der Waals surface area contributed by atoms with E-state index in [4.69, 9.17) is 9.47 Å². The van der Waals surface area contributed by atoms with Crippen LogP contribution in [0.3, 0.4) is 0 Å². The smallest absolute Gasteiger partial charge is 0.343 e. The van der Waals surface area contributed by atoms with Gasteiger partial charge in [-0.3, -0.25) is 9.59 Å². The summed E-state index contributed by atoms with van der Waals surface area (Å²) in [7, 11) is 1.27. The molecule has 0 unspecified atom stereocenters. The summed E-state index contributed by atoms with van der Waals surface area (Å²) in [5, 5.41) is 6.57. The topological polar surface area (TPSA) is 123 Å². The second-order valence-corrected chi connectivity index (χ2v) is 8.64. The molecular formula is C25H21N3O6S. The molecule has 0 spiro atoms. The van der Waals surface area contributed by atoms with Gasteiger partial charge >= 0.3 is 23.8 Å². The number of carbonyl (C=O) groups is 4. The average molecular weight is 492 g/mol. The molecule has 1 heterocycles. The number of nitrogens with one attached hydrogen (secondary N) is 2. The van der Waals surface area contributed by atoms with Gasteiger partial charge < -0.3 is 14.8 Å². The number of carbonyl (C=O) groups excluding carboxylic acids is 4. The Hall–Kier alpha value is -4.31. The van der Waals surface area contributed by atoms with Crippen molar-refractivity contribution in [2.45, 2.75) is 19.3 Å². The molecule has 0 radical (unpaired) electrons. The second kappa shape index (κ2) is 10.7. The summed E-state index contributed by atoms with van der Waals surface area (Å²) in [6.07, 6.45) is 3.78. The number of nitrogens with zero attached hydrogens (tertiary/aromatic N) is 1. The second-order valence-electron chi connectivity index (χ2n) is 7.53.